The van der Waals surface area contributed by atoms with E-state index in [1.165, 1.54) is 0 Å². The maximum absolute atomic E-state index is 11.6. The topological polar surface area (TPSA) is 77.2 Å². The number of nitrogens with two attached hydrogens (primary N) is 1. The minimum absolute atomic E-state index is 0.0395. The van der Waals surface area contributed by atoms with Crippen LogP contribution in [0.25, 0.3) is 0 Å². The Morgan fingerprint density at radius 3 is 2.90 bits per heavy atom. The Morgan fingerprint density at radius 2 is 2.14 bits per heavy atom. The summed E-state index contributed by atoms with van der Waals surface area (Å²) < 4.78 is 5.66. The molecule has 5 heteroatoms. The molecule has 2 aromatic rings. The quantitative estimate of drug-likeness (QED) is 0.818. The summed E-state index contributed by atoms with van der Waals surface area (Å²) in [5, 5.41) is 2.83. The minimum Gasteiger partial charge on any atom is -0.487 e. The Bertz CT molecular complexity index is 573. The fourth-order valence-corrected chi connectivity index (χ4v) is 1.79. The Balaban J connectivity index is 1.90. The molecule has 0 unspecified atom stereocenters. The Labute approximate surface area is 124 Å². The molecule has 0 aliphatic heterocycles. The number of pyridine rings is 1. The van der Waals surface area contributed by atoms with Gasteiger partial charge in [0.25, 0.3) is 0 Å². The average molecular weight is 285 g/mol. The van der Waals surface area contributed by atoms with Crippen molar-refractivity contribution in [2.45, 2.75) is 19.4 Å². The van der Waals surface area contributed by atoms with E-state index in [9.17, 15) is 4.79 Å². The first kappa shape index (κ1) is 15.0. The fourth-order valence-electron chi connectivity index (χ4n) is 1.79. The van der Waals surface area contributed by atoms with Crippen LogP contribution < -0.4 is 15.8 Å². The molecule has 1 heterocycles. The molecule has 3 N–H and O–H groups in total. The summed E-state index contributed by atoms with van der Waals surface area (Å²) >= 11 is 0. The molecular weight excluding hydrogens is 266 g/mol. The van der Waals surface area contributed by atoms with Crippen molar-refractivity contribution in [3.05, 3.63) is 54.4 Å². The first-order valence-electron chi connectivity index (χ1n) is 6.90. The number of carbonyl (C=O) groups is 1. The highest BCUT2D eigenvalue weighted by atomic mass is 16.5. The number of rotatable bonds is 7. The Kier molecular flexibility index (Phi) is 5.72. The number of benzene rings is 1. The summed E-state index contributed by atoms with van der Waals surface area (Å²) in [6, 6.07) is 13.0. The highest BCUT2D eigenvalue weighted by Gasteiger charge is 2.03. The summed E-state index contributed by atoms with van der Waals surface area (Å²) in [5.74, 6) is 0.652. The maximum atomic E-state index is 11.6. The van der Waals surface area contributed by atoms with Crippen molar-refractivity contribution in [2.75, 3.05) is 11.9 Å². The van der Waals surface area contributed by atoms with Crippen LogP contribution in [0.1, 0.15) is 18.5 Å². The summed E-state index contributed by atoms with van der Waals surface area (Å²) in [6.07, 6.45) is 2.84. The van der Waals surface area contributed by atoms with Gasteiger partial charge in [0, 0.05) is 24.4 Å². The van der Waals surface area contributed by atoms with Crippen LogP contribution in [0.2, 0.25) is 0 Å². The molecule has 0 radical (unpaired) electrons. The Morgan fingerprint density at radius 1 is 1.24 bits per heavy atom. The van der Waals surface area contributed by atoms with Crippen LogP contribution in [0.4, 0.5) is 5.69 Å². The van der Waals surface area contributed by atoms with E-state index in [0.29, 0.717) is 31.7 Å². The molecular formula is C16H19N3O2. The fraction of sp³-hybridized carbons (Fsp3) is 0.250. The molecule has 1 aromatic carbocycles. The van der Waals surface area contributed by atoms with Crippen LogP contribution in [-0.2, 0) is 11.4 Å². The molecule has 0 saturated heterocycles. The van der Waals surface area contributed by atoms with Gasteiger partial charge in [-0.05, 0) is 37.2 Å². The number of aromatic nitrogens is 1. The molecule has 110 valence electrons. The third-order valence-corrected chi connectivity index (χ3v) is 2.84. The summed E-state index contributed by atoms with van der Waals surface area (Å²) in [7, 11) is 0. The summed E-state index contributed by atoms with van der Waals surface area (Å²) in [5.41, 5.74) is 6.96. The first-order chi connectivity index (χ1) is 10.3. The molecule has 0 saturated carbocycles. The van der Waals surface area contributed by atoms with Crippen LogP contribution in [0.5, 0.6) is 5.75 Å². The molecule has 0 aliphatic carbocycles. The van der Waals surface area contributed by atoms with Crippen molar-refractivity contribution < 1.29 is 9.53 Å². The molecule has 5 nitrogen and oxygen atoms in total. The number of anilines is 1. The van der Waals surface area contributed by atoms with Crippen LogP contribution in [-0.4, -0.2) is 17.4 Å². The summed E-state index contributed by atoms with van der Waals surface area (Å²) in [4.78, 5) is 15.8. The van der Waals surface area contributed by atoms with Crippen LogP contribution in [0.15, 0.2) is 48.7 Å². The number of hydrogen-bond acceptors (Lipinski definition) is 4. The highest BCUT2D eigenvalue weighted by molar-refractivity contribution is 5.90. The maximum Gasteiger partial charge on any atom is 0.224 e. The van der Waals surface area contributed by atoms with Gasteiger partial charge >= 0.3 is 0 Å². The zero-order chi connectivity index (χ0) is 14.9. The van der Waals surface area contributed by atoms with E-state index in [0.717, 1.165) is 11.4 Å². The van der Waals surface area contributed by atoms with Crippen molar-refractivity contribution in [3.63, 3.8) is 0 Å². The molecule has 0 fully saturated rings. The SMILES string of the molecule is NCCCC(=O)Nc1cccc(OCc2ccccn2)c1. The zero-order valence-electron chi connectivity index (χ0n) is 11.8. The largest absolute Gasteiger partial charge is 0.487 e. The molecule has 0 atom stereocenters. The Hall–Kier alpha value is -2.40. The van der Waals surface area contributed by atoms with Crippen LogP contribution in [0, 0.1) is 0 Å². The number of nitrogens with zero attached hydrogens (tertiary/aromatic N) is 1. The van der Waals surface area contributed by atoms with E-state index in [4.69, 9.17) is 10.5 Å². The van der Waals surface area contributed by atoms with E-state index in [1.807, 2.05) is 36.4 Å². The lowest BCUT2D eigenvalue weighted by Crippen LogP contribution is -2.13. The monoisotopic (exact) mass is 285 g/mol. The second-order valence-corrected chi connectivity index (χ2v) is 4.58. The second-order valence-electron chi connectivity index (χ2n) is 4.58. The van der Waals surface area contributed by atoms with Crippen molar-refractivity contribution in [3.8, 4) is 5.75 Å². The number of carbonyl (C=O) groups excluding carboxylic acids is 1. The predicted molar refractivity (Wildman–Crippen MR) is 81.9 cm³/mol. The number of ether oxygens (including phenoxy) is 1. The molecule has 21 heavy (non-hydrogen) atoms. The van der Waals surface area contributed by atoms with Gasteiger partial charge in [-0.2, -0.15) is 0 Å². The summed E-state index contributed by atoms with van der Waals surface area (Å²) in [6.45, 7) is 0.909. The van der Waals surface area contributed by atoms with Crippen LogP contribution >= 0.6 is 0 Å². The van der Waals surface area contributed by atoms with E-state index in [1.54, 1.807) is 12.3 Å². The molecule has 0 spiro atoms. The number of hydrogen-bond donors (Lipinski definition) is 2. The van der Waals surface area contributed by atoms with Gasteiger partial charge in [0.15, 0.2) is 0 Å². The molecule has 2 rings (SSSR count). The van der Waals surface area contributed by atoms with E-state index >= 15 is 0 Å². The minimum atomic E-state index is -0.0395. The number of nitrogens with one attached hydrogen (secondary N) is 1. The highest BCUT2D eigenvalue weighted by Crippen LogP contribution is 2.18. The van der Waals surface area contributed by atoms with Gasteiger partial charge in [-0.25, -0.2) is 0 Å². The third-order valence-electron chi connectivity index (χ3n) is 2.84. The van der Waals surface area contributed by atoms with Gasteiger partial charge in [0.1, 0.15) is 12.4 Å². The molecule has 0 aliphatic rings. The zero-order valence-corrected chi connectivity index (χ0v) is 11.8. The van der Waals surface area contributed by atoms with Gasteiger partial charge in [-0.1, -0.05) is 12.1 Å². The third kappa shape index (κ3) is 5.24. The first-order valence-corrected chi connectivity index (χ1v) is 6.90. The van der Waals surface area contributed by atoms with Gasteiger partial charge in [-0.3, -0.25) is 9.78 Å². The predicted octanol–water partition coefficient (Wildman–Crippen LogP) is 2.34. The van der Waals surface area contributed by atoms with E-state index < -0.39 is 0 Å². The van der Waals surface area contributed by atoms with Gasteiger partial charge in [-0.15, -0.1) is 0 Å². The van der Waals surface area contributed by atoms with Crippen molar-refractivity contribution in [1.29, 1.82) is 0 Å². The van der Waals surface area contributed by atoms with E-state index in [-0.39, 0.29) is 5.91 Å². The smallest absolute Gasteiger partial charge is 0.224 e. The van der Waals surface area contributed by atoms with Crippen LogP contribution in [0.3, 0.4) is 0 Å². The number of amides is 1. The lowest BCUT2D eigenvalue weighted by Gasteiger charge is -2.09. The second kappa shape index (κ2) is 8.01. The lowest BCUT2D eigenvalue weighted by atomic mass is 10.2. The van der Waals surface area contributed by atoms with Crippen molar-refractivity contribution >= 4 is 11.6 Å². The lowest BCUT2D eigenvalue weighted by molar-refractivity contribution is -0.116. The molecule has 1 amide bonds. The van der Waals surface area contributed by atoms with Gasteiger partial charge in [0.2, 0.25) is 5.91 Å². The van der Waals surface area contributed by atoms with Crippen molar-refractivity contribution in [2.24, 2.45) is 5.73 Å². The van der Waals surface area contributed by atoms with Gasteiger partial charge < -0.3 is 15.8 Å². The van der Waals surface area contributed by atoms with Crippen molar-refractivity contribution in [1.82, 2.24) is 4.98 Å². The average Bonchev–Trinajstić information content (AvgIpc) is 2.52. The normalized spacial score (nSPS) is 10.1. The molecule has 0 bridgehead atoms. The standard InChI is InChI=1S/C16H19N3O2/c17-9-4-8-16(20)19-13-6-3-7-15(11-13)21-12-14-5-1-2-10-18-14/h1-3,5-7,10-11H,4,8-9,12,17H2,(H,19,20). The molecule has 1 aromatic heterocycles. The van der Waals surface area contributed by atoms with Gasteiger partial charge in [0.05, 0.1) is 5.69 Å². The van der Waals surface area contributed by atoms with E-state index in [2.05, 4.69) is 10.3 Å².